The van der Waals surface area contributed by atoms with Crippen molar-refractivity contribution in [3.05, 3.63) is 58.9 Å². The van der Waals surface area contributed by atoms with Crippen molar-refractivity contribution in [1.29, 1.82) is 0 Å². The quantitative estimate of drug-likeness (QED) is 0.887. The monoisotopic (exact) mass is 303 g/mol. The predicted octanol–water partition coefficient (Wildman–Crippen LogP) is 2.69. The van der Waals surface area contributed by atoms with Gasteiger partial charge in [0.2, 0.25) is 0 Å². The van der Waals surface area contributed by atoms with E-state index in [0.717, 1.165) is 0 Å². The molecule has 2 amide bonds. The second kappa shape index (κ2) is 6.37. The Morgan fingerprint density at radius 2 is 1.90 bits per heavy atom. The molecule has 0 fully saturated rings. The predicted molar refractivity (Wildman–Crippen MR) is 81.7 cm³/mol. The summed E-state index contributed by atoms with van der Waals surface area (Å²) in [5.41, 5.74) is 1.44. The average Bonchev–Trinajstić information content (AvgIpc) is 2.47. The molecule has 0 radical (unpaired) electrons. The molecule has 0 bridgehead atoms. The first kappa shape index (κ1) is 15.0. The Kier molecular flexibility index (Phi) is 4.55. The molecule has 2 aromatic rings. The molecular formula is C15H14ClN3O2. The molecule has 2 rings (SSSR count). The molecule has 5 nitrogen and oxygen atoms in total. The summed E-state index contributed by atoms with van der Waals surface area (Å²) in [7, 11) is 3.35. The number of rotatable bonds is 3. The Hall–Kier alpha value is -2.40. The van der Waals surface area contributed by atoms with Crippen molar-refractivity contribution in [3.63, 3.8) is 0 Å². The number of halogens is 1. The molecular weight excluding hydrogens is 290 g/mol. The number of nitrogens with one attached hydrogen (secondary N) is 1. The number of hydrogen-bond acceptors (Lipinski definition) is 3. The van der Waals surface area contributed by atoms with Gasteiger partial charge in [0.25, 0.3) is 11.8 Å². The average molecular weight is 304 g/mol. The third kappa shape index (κ3) is 3.79. The summed E-state index contributed by atoms with van der Waals surface area (Å²) in [6, 6.07) is 9.88. The van der Waals surface area contributed by atoms with Crippen LogP contribution in [0, 0.1) is 0 Å². The van der Waals surface area contributed by atoms with Gasteiger partial charge in [0, 0.05) is 31.5 Å². The number of carbonyl (C=O) groups excluding carboxylic acids is 2. The number of hydrogen-bond donors (Lipinski definition) is 1. The minimum absolute atomic E-state index is 0.126. The molecule has 0 unspecified atom stereocenters. The van der Waals surface area contributed by atoms with Crippen LogP contribution in [0.5, 0.6) is 0 Å². The third-order valence-electron chi connectivity index (χ3n) is 2.76. The number of pyridine rings is 1. The van der Waals surface area contributed by atoms with Crippen molar-refractivity contribution in [2.75, 3.05) is 19.4 Å². The lowest BCUT2D eigenvalue weighted by molar-refractivity contribution is 0.0827. The van der Waals surface area contributed by atoms with E-state index in [0.29, 0.717) is 22.0 Å². The molecule has 0 aliphatic carbocycles. The van der Waals surface area contributed by atoms with Gasteiger partial charge in [-0.05, 0) is 30.3 Å². The zero-order chi connectivity index (χ0) is 15.4. The Morgan fingerprint density at radius 3 is 2.52 bits per heavy atom. The molecule has 0 spiro atoms. The van der Waals surface area contributed by atoms with Gasteiger partial charge in [-0.1, -0.05) is 17.7 Å². The second-order valence-corrected chi connectivity index (χ2v) is 4.99. The molecule has 0 saturated heterocycles. The summed E-state index contributed by atoms with van der Waals surface area (Å²) in [5.74, 6) is -0.437. The van der Waals surface area contributed by atoms with Gasteiger partial charge in [0.05, 0.1) is 5.56 Å². The summed E-state index contributed by atoms with van der Waals surface area (Å²) < 4.78 is 0. The lowest BCUT2D eigenvalue weighted by Gasteiger charge is -2.11. The van der Waals surface area contributed by atoms with Crippen molar-refractivity contribution in [3.8, 4) is 0 Å². The molecule has 108 valence electrons. The van der Waals surface area contributed by atoms with Crippen LogP contribution in [-0.4, -0.2) is 35.8 Å². The Balaban J connectivity index is 2.16. The van der Waals surface area contributed by atoms with Gasteiger partial charge in [-0.3, -0.25) is 9.59 Å². The summed E-state index contributed by atoms with van der Waals surface area (Å²) in [5, 5.41) is 3.04. The highest BCUT2D eigenvalue weighted by molar-refractivity contribution is 6.29. The number of aromatic nitrogens is 1. The van der Waals surface area contributed by atoms with E-state index >= 15 is 0 Å². The smallest absolute Gasteiger partial charge is 0.257 e. The van der Waals surface area contributed by atoms with E-state index in [1.54, 1.807) is 50.5 Å². The molecule has 0 aliphatic heterocycles. The van der Waals surface area contributed by atoms with Crippen LogP contribution in [0.2, 0.25) is 5.15 Å². The summed E-state index contributed by atoms with van der Waals surface area (Å²) in [6.45, 7) is 0. The number of carbonyl (C=O) groups is 2. The number of nitrogens with zero attached hydrogens (tertiary/aromatic N) is 2. The Bertz CT molecular complexity index is 669. The molecule has 1 aromatic carbocycles. The van der Waals surface area contributed by atoms with Crippen LogP contribution in [0.1, 0.15) is 20.7 Å². The minimum atomic E-state index is -0.311. The number of anilines is 1. The summed E-state index contributed by atoms with van der Waals surface area (Å²) in [4.78, 5) is 29.3. The number of amides is 2. The maximum absolute atomic E-state index is 12.1. The van der Waals surface area contributed by atoms with Gasteiger partial charge in [0.1, 0.15) is 5.15 Å². The highest BCUT2D eigenvalue weighted by Crippen LogP contribution is 2.14. The van der Waals surface area contributed by atoms with Crippen molar-refractivity contribution in [2.45, 2.75) is 0 Å². The maximum atomic E-state index is 12.1. The molecule has 0 saturated carbocycles. The van der Waals surface area contributed by atoms with Crippen LogP contribution in [0.25, 0.3) is 0 Å². The van der Waals surface area contributed by atoms with E-state index in [-0.39, 0.29) is 11.8 Å². The van der Waals surface area contributed by atoms with Gasteiger partial charge in [-0.2, -0.15) is 0 Å². The van der Waals surface area contributed by atoms with Crippen molar-refractivity contribution >= 4 is 29.1 Å². The highest BCUT2D eigenvalue weighted by Gasteiger charge is 2.10. The summed E-state index contributed by atoms with van der Waals surface area (Å²) in [6.07, 6.45) is 1.40. The lowest BCUT2D eigenvalue weighted by Crippen LogP contribution is -2.22. The zero-order valence-electron chi connectivity index (χ0n) is 11.6. The normalized spacial score (nSPS) is 10.0. The van der Waals surface area contributed by atoms with E-state index in [9.17, 15) is 9.59 Å². The van der Waals surface area contributed by atoms with E-state index in [2.05, 4.69) is 10.3 Å². The fourth-order valence-electron chi connectivity index (χ4n) is 1.70. The molecule has 6 heteroatoms. The van der Waals surface area contributed by atoms with Crippen molar-refractivity contribution < 1.29 is 9.59 Å². The molecule has 21 heavy (non-hydrogen) atoms. The topological polar surface area (TPSA) is 62.3 Å². The van der Waals surface area contributed by atoms with Gasteiger partial charge < -0.3 is 10.2 Å². The van der Waals surface area contributed by atoms with E-state index in [1.807, 2.05) is 0 Å². The molecule has 1 aromatic heterocycles. The third-order valence-corrected chi connectivity index (χ3v) is 2.99. The van der Waals surface area contributed by atoms with E-state index < -0.39 is 0 Å². The van der Waals surface area contributed by atoms with Gasteiger partial charge in [0.15, 0.2) is 0 Å². The van der Waals surface area contributed by atoms with Gasteiger partial charge in [-0.25, -0.2) is 4.98 Å². The Morgan fingerprint density at radius 1 is 1.14 bits per heavy atom. The molecule has 0 aliphatic rings. The maximum Gasteiger partial charge on any atom is 0.257 e. The SMILES string of the molecule is CN(C)C(=O)c1cccc(NC(=O)c2ccc(Cl)nc2)c1. The Labute approximate surface area is 127 Å². The van der Waals surface area contributed by atoms with Gasteiger partial charge in [-0.15, -0.1) is 0 Å². The largest absolute Gasteiger partial charge is 0.345 e. The van der Waals surface area contributed by atoms with Crippen LogP contribution >= 0.6 is 11.6 Å². The second-order valence-electron chi connectivity index (χ2n) is 4.60. The fourth-order valence-corrected chi connectivity index (χ4v) is 1.81. The standard InChI is InChI=1S/C15H14ClN3O2/c1-19(2)15(21)10-4-3-5-12(8-10)18-14(20)11-6-7-13(16)17-9-11/h3-9H,1-2H3,(H,18,20). The van der Waals surface area contributed by atoms with Crippen molar-refractivity contribution in [1.82, 2.24) is 9.88 Å². The molecule has 0 atom stereocenters. The number of benzene rings is 1. The van der Waals surface area contributed by atoms with E-state index in [1.165, 1.54) is 11.1 Å². The first-order chi connectivity index (χ1) is 9.97. The van der Waals surface area contributed by atoms with Crippen LogP contribution in [0.15, 0.2) is 42.6 Å². The summed E-state index contributed by atoms with van der Waals surface area (Å²) >= 11 is 5.68. The van der Waals surface area contributed by atoms with Crippen LogP contribution in [0.4, 0.5) is 5.69 Å². The van der Waals surface area contributed by atoms with Crippen LogP contribution < -0.4 is 5.32 Å². The zero-order valence-corrected chi connectivity index (χ0v) is 12.4. The van der Waals surface area contributed by atoms with E-state index in [4.69, 9.17) is 11.6 Å². The van der Waals surface area contributed by atoms with Crippen molar-refractivity contribution in [2.24, 2.45) is 0 Å². The first-order valence-corrected chi connectivity index (χ1v) is 6.60. The fraction of sp³-hybridized carbons (Fsp3) is 0.133. The lowest BCUT2D eigenvalue weighted by atomic mass is 10.1. The highest BCUT2D eigenvalue weighted by atomic mass is 35.5. The van der Waals surface area contributed by atoms with Crippen LogP contribution in [-0.2, 0) is 0 Å². The molecule has 1 N–H and O–H groups in total. The molecule has 1 heterocycles. The first-order valence-electron chi connectivity index (χ1n) is 6.22. The van der Waals surface area contributed by atoms with Gasteiger partial charge >= 0.3 is 0 Å². The van der Waals surface area contributed by atoms with Crippen LogP contribution in [0.3, 0.4) is 0 Å². The minimum Gasteiger partial charge on any atom is -0.345 e.